The molecule has 0 aliphatic carbocycles. The van der Waals surface area contributed by atoms with Gasteiger partial charge in [0.15, 0.2) is 12.2 Å². The minimum Gasteiger partial charge on any atom is -0.462 e. The highest BCUT2D eigenvalue weighted by atomic mass is 31.2. The monoisotopic (exact) mass is 1310 g/mol. The molecule has 19 heteroatoms. The zero-order chi connectivity index (χ0) is 65.7. The van der Waals surface area contributed by atoms with Gasteiger partial charge in [-0.15, -0.1) is 0 Å². The number of carbonyl (C=O) groups is 4. The maximum Gasteiger partial charge on any atom is 0.472 e. The highest BCUT2D eigenvalue weighted by Crippen LogP contribution is 2.45. The highest BCUT2D eigenvalue weighted by Gasteiger charge is 2.30. The molecule has 0 bridgehead atoms. The van der Waals surface area contributed by atoms with Gasteiger partial charge in [-0.05, 0) is 37.5 Å². The Balaban J connectivity index is 5.22. The van der Waals surface area contributed by atoms with E-state index >= 15 is 0 Å². The van der Waals surface area contributed by atoms with Crippen LogP contribution in [0, 0.1) is 11.8 Å². The Bertz CT molecular complexity index is 1730. The van der Waals surface area contributed by atoms with E-state index in [0.717, 1.165) is 95.8 Å². The summed E-state index contributed by atoms with van der Waals surface area (Å²) in [4.78, 5) is 72.5. The smallest absolute Gasteiger partial charge is 0.462 e. The van der Waals surface area contributed by atoms with Crippen molar-refractivity contribution in [3.8, 4) is 0 Å². The number of unbranched alkanes of at least 4 members (excludes halogenated alkanes) is 39. The molecule has 0 aliphatic rings. The quantitative estimate of drug-likeness (QED) is 0.0222. The first-order valence-corrected chi connectivity index (χ1v) is 39.5. The molecule has 2 unspecified atom stereocenters. The van der Waals surface area contributed by atoms with Gasteiger partial charge < -0.3 is 33.8 Å². The molecule has 0 fully saturated rings. The van der Waals surface area contributed by atoms with Gasteiger partial charge in [-0.25, -0.2) is 9.13 Å². The molecule has 3 N–H and O–H groups in total. The van der Waals surface area contributed by atoms with Gasteiger partial charge in [0.25, 0.3) is 0 Å². The fourth-order valence-electron chi connectivity index (χ4n) is 10.6. The van der Waals surface area contributed by atoms with Crippen LogP contribution in [0.15, 0.2) is 0 Å². The summed E-state index contributed by atoms with van der Waals surface area (Å²) in [5, 5.41) is 10.6. The maximum absolute atomic E-state index is 13.0. The molecule has 0 aromatic heterocycles. The van der Waals surface area contributed by atoms with E-state index in [2.05, 4.69) is 41.5 Å². The topological polar surface area (TPSA) is 237 Å². The van der Waals surface area contributed by atoms with E-state index in [0.29, 0.717) is 31.6 Å². The van der Waals surface area contributed by atoms with Gasteiger partial charge in [0.05, 0.1) is 26.4 Å². The average molecular weight is 1310 g/mol. The molecule has 0 rings (SSSR count). The lowest BCUT2D eigenvalue weighted by Crippen LogP contribution is -2.30. The minimum atomic E-state index is -4.95. The third kappa shape index (κ3) is 64.6. The summed E-state index contributed by atoms with van der Waals surface area (Å²) >= 11 is 0. The van der Waals surface area contributed by atoms with Crippen LogP contribution in [0.5, 0.6) is 0 Å². The van der Waals surface area contributed by atoms with E-state index in [4.69, 9.17) is 37.0 Å². The van der Waals surface area contributed by atoms with Crippen molar-refractivity contribution in [2.45, 2.75) is 374 Å². The van der Waals surface area contributed by atoms with E-state index < -0.39 is 97.5 Å². The Hall–Kier alpha value is -1.94. The summed E-state index contributed by atoms with van der Waals surface area (Å²) in [5.74, 6) is -0.635. The van der Waals surface area contributed by atoms with Crippen molar-refractivity contribution in [3.63, 3.8) is 0 Å². The Morgan fingerprint density at radius 1 is 0.303 bits per heavy atom. The fraction of sp³-hybridized carbons (Fsp3) is 0.943. The number of ether oxygens (including phenoxy) is 4. The minimum absolute atomic E-state index is 0.103. The second-order valence-electron chi connectivity index (χ2n) is 26.2. The standard InChI is InChI=1S/C70H136O17P2/c1-7-9-11-13-15-17-18-21-25-29-35-41-47-53-68(73)81-58-65(86-69(74)54-48-42-36-30-26-23-20-19-22-24-28-32-38-44-50-62(3)4)60-84-88(76,77)82-56-64(71)57-83-89(78,79)85-61-66(59-80-67(72)52-46-40-34-27-16-14-12-10-8-2)87-70(75)55-49-43-37-31-33-39-45-51-63(5)6/h62-66,71H,7-61H2,1-6H3,(H,76,77)(H,78,79)/t64-,65-,66-/m1/s1. The molecule has 5 atom stereocenters. The van der Waals surface area contributed by atoms with Crippen LogP contribution in [0.2, 0.25) is 0 Å². The maximum atomic E-state index is 13.0. The summed E-state index contributed by atoms with van der Waals surface area (Å²) in [6.45, 7) is 9.49. The van der Waals surface area contributed by atoms with Crippen LogP contribution in [0.1, 0.15) is 356 Å². The normalized spacial score (nSPS) is 14.1. The number of hydrogen-bond acceptors (Lipinski definition) is 15. The zero-order valence-electron chi connectivity index (χ0n) is 57.7. The van der Waals surface area contributed by atoms with E-state index in [-0.39, 0.29) is 25.7 Å². The first-order valence-electron chi connectivity index (χ1n) is 36.5. The van der Waals surface area contributed by atoms with E-state index in [1.807, 2.05) is 0 Å². The number of phosphoric ester groups is 2. The fourth-order valence-corrected chi connectivity index (χ4v) is 12.2. The molecule has 0 aromatic carbocycles. The van der Waals surface area contributed by atoms with Gasteiger partial charge in [0.2, 0.25) is 0 Å². The second-order valence-corrected chi connectivity index (χ2v) is 29.1. The molecule has 528 valence electrons. The molecule has 89 heavy (non-hydrogen) atoms. The summed E-state index contributed by atoms with van der Waals surface area (Å²) in [6.07, 6.45) is 47.2. The molecule has 0 aliphatic heterocycles. The van der Waals surface area contributed by atoms with E-state index in [1.165, 1.54) is 173 Å². The third-order valence-corrected chi connectivity index (χ3v) is 18.1. The van der Waals surface area contributed by atoms with Crippen LogP contribution in [0.4, 0.5) is 0 Å². The predicted molar refractivity (Wildman–Crippen MR) is 358 cm³/mol. The third-order valence-electron chi connectivity index (χ3n) is 16.2. The Morgan fingerprint density at radius 2 is 0.517 bits per heavy atom. The van der Waals surface area contributed by atoms with Crippen molar-refractivity contribution in [3.05, 3.63) is 0 Å². The molecule has 17 nitrogen and oxygen atoms in total. The number of aliphatic hydroxyl groups is 1. The van der Waals surface area contributed by atoms with Crippen LogP contribution >= 0.6 is 15.6 Å². The molecule has 0 spiro atoms. The van der Waals surface area contributed by atoms with Gasteiger partial charge in [-0.1, -0.05) is 305 Å². The van der Waals surface area contributed by atoms with Crippen molar-refractivity contribution in [2.75, 3.05) is 39.6 Å². The van der Waals surface area contributed by atoms with Gasteiger partial charge in [0, 0.05) is 25.7 Å². The summed E-state index contributed by atoms with van der Waals surface area (Å²) in [6, 6.07) is 0. The van der Waals surface area contributed by atoms with Crippen LogP contribution < -0.4 is 0 Å². The van der Waals surface area contributed by atoms with Crippen LogP contribution in [-0.2, 0) is 65.4 Å². The number of hydrogen-bond donors (Lipinski definition) is 3. The number of esters is 4. The number of aliphatic hydroxyl groups excluding tert-OH is 1. The van der Waals surface area contributed by atoms with E-state index in [9.17, 15) is 43.2 Å². The van der Waals surface area contributed by atoms with Crippen molar-refractivity contribution in [2.24, 2.45) is 11.8 Å². The van der Waals surface area contributed by atoms with Crippen molar-refractivity contribution in [1.29, 1.82) is 0 Å². The largest absolute Gasteiger partial charge is 0.472 e. The van der Waals surface area contributed by atoms with Gasteiger partial charge in [0.1, 0.15) is 19.3 Å². The zero-order valence-corrected chi connectivity index (χ0v) is 59.5. The molecule has 0 saturated carbocycles. The van der Waals surface area contributed by atoms with Crippen LogP contribution in [-0.4, -0.2) is 96.7 Å². The predicted octanol–water partition coefficient (Wildman–Crippen LogP) is 20.0. The second kappa shape index (κ2) is 62.2. The van der Waals surface area contributed by atoms with Crippen molar-refractivity contribution in [1.82, 2.24) is 0 Å². The lowest BCUT2D eigenvalue weighted by molar-refractivity contribution is -0.161. The van der Waals surface area contributed by atoms with Gasteiger partial charge in [-0.2, -0.15) is 0 Å². The summed E-state index contributed by atoms with van der Waals surface area (Å²) in [7, 11) is -9.90. The average Bonchev–Trinajstić information content (AvgIpc) is 3.67. The Kier molecular flexibility index (Phi) is 60.8. The first-order chi connectivity index (χ1) is 42.9. The molecule has 0 heterocycles. The Morgan fingerprint density at radius 3 is 0.764 bits per heavy atom. The van der Waals surface area contributed by atoms with E-state index in [1.54, 1.807) is 0 Å². The lowest BCUT2D eigenvalue weighted by atomic mass is 10.0. The summed E-state index contributed by atoms with van der Waals surface area (Å²) < 4.78 is 68.2. The van der Waals surface area contributed by atoms with Crippen LogP contribution in [0.25, 0.3) is 0 Å². The molecule has 0 saturated heterocycles. The summed E-state index contributed by atoms with van der Waals surface area (Å²) in [5.41, 5.74) is 0. The lowest BCUT2D eigenvalue weighted by Gasteiger charge is -2.21. The van der Waals surface area contributed by atoms with Crippen molar-refractivity contribution < 1.29 is 80.2 Å². The molecular weight excluding hydrogens is 1170 g/mol. The van der Waals surface area contributed by atoms with Crippen molar-refractivity contribution >= 4 is 39.5 Å². The highest BCUT2D eigenvalue weighted by molar-refractivity contribution is 7.47. The van der Waals surface area contributed by atoms with Gasteiger partial charge in [-0.3, -0.25) is 37.3 Å². The number of phosphoric acid groups is 2. The number of carbonyl (C=O) groups excluding carboxylic acids is 4. The SMILES string of the molecule is CCCCCCCCCCCCCCCC(=O)OC[C@H](COP(=O)(O)OC[C@@H](O)COP(=O)(O)OC[C@@H](COC(=O)CCCCCCCCCCC)OC(=O)CCCCCCCCCC(C)C)OC(=O)CCCCCCCCCCCCCCCCC(C)C. The van der Waals surface area contributed by atoms with Gasteiger partial charge >= 0.3 is 39.5 Å². The molecule has 0 amide bonds. The Labute approximate surface area is 543 Å². The van der Waals surface area contributed by atoms with Crippen LogP contribution in [0.3, 0.4) is 0 Å². The first kappa shape index (κ1) is 87.1. The molecular formula is C70H136O17P2. The number of rotatable bonds is 69. The molecule has 0 aromatic rings. The molecule has 0 radical (unpaired) electrons.